The highest BCUT2D eigenvalue weighted by Gasteiger charge is 2.01. The molecule has 0 amide bonds. The Labute approximate surface area is 96.7 Å². The number of aromatic nitrogens is 3. The number of nitrogens with zero attached hydrogens (tertiary/aromatic N) is 3. The van der Waals surface area contributed by atoms with Gasteiger partial charge in [-0.05, 0) is 40.5 Å². The predicted octanol–water partition coefficient (Wildman–Crippen LogP) is 2.86. The second kappa shape index (κ2) is 4.49. The number of rotatable bonds is 2. The van der Waals surface area contributed by atoms with E-state index in [4.69, 9.17) is 0 Å². The highest BCUT2D eigenvalue weighted by molar-refractivity contribution is 9.10. The van der Waals surface area contributed by atoms with Gasteiger partial charge in [-0.25, -0.2) is 9.97 Å². The van der Waals surface area contributed by atoms with Crippen LogP contribution in [-0.2, 0) is 6.42 Å². The molecule has 4 heteroatoms. The quantitative estimate of drug-likeness (QED) is 0.783. The highest BCUT2D eigenvalue weighted by Crippen LogP contribution is 2.19. The smallest absolute Gasteiger partial charge is 0.117 e. The molecule has 2 aromatic heterocycles. The van der Waals surface area contributed by atoms with Crippen LogP contribution in [0.2, 0.25) is 0 Å². The Morgan fingerprint density at radius 1 is 1.20 bits per heavy atom. The molecule has 2 aromatic rings. The fraction of sp³-hybridized carbons (Fsp3) is 0.182. The number of halogens is 1. The van der Waals surface area contributed by atoms with Gasteiger partial charge in [-0.3, -0.25) is 4.98 Å². The van der Waals surface area contributed by atoms with Gasteiger partial charge in [0, 0.05) is 17.5 Å². The van der Waals surface area contributed by atoms with Crippen molar-refractivity contribution in [2.24, 2.45) is 0 Å². The minimum Gasteiger partial charge on any atom is -0.261 e. The first-order chi connectivity index (χ1) is 7.29. The maximum atomic E-state index is 4.25. The number of pyridine rings is 1. The third-order valence-corrected chi connectivity index (χ3v) is 2.54. The van der Waals surface area contributed by atoms with Gasteiger partial charge in [0.05, 0.1) is 5.69 Å². The molecule has 0 bridgehead atoms. The molecule has 0 spiro atoms. The average Bonchev–Trinajstić information content (AvgIpc) is 2.29. The summed E-state index contributed by atoms with van der Waals surface area (Å²) in [6.45, 7) is 2.09. The molecule has 0 aliphatic carbocycles. The van der Waals surface area contributed by atoms with Gasteiger partial charge in [-0.15, -0.1) is 0 Å². The summed E-state index contributed by atoms with van der Waals surface area (Å²) in [6.07, 6.45) is 4.29. The Hall–Kier alpha value is -1.29. The summed E-state index contributed by atoms with van der Waals surface area (Å²) in [7, 11) is 0. The molecule has 0 aliphatic rings. The first-order valence-corrected chi connectivity index (χ1v) is 5.51. The van der Waals surface area contributed by atoms with Gasteiger partial charge in [0.15, 0.2) is 0 Å². The molecule has 0 aromatic carbocycles. The van der Waals surface area contributed by atoms with E-state index in [-0.39, 0.29) is 0 Å². The third kappa shape index (κ3) is 2.39. The minimum absolute atomic E-state index is 0.794. The number of hydrogen-bond donors (Lipinski definition) is 0. The molecule has 76 valence electrons. The van der Waals surface area contributed by atoms with Crippen LogP contribution in [0.1, 0.15) is 12.6 Å². The normalized spacial score (nSPS) is 10.3. The molecule has 0 saturated carbocycles. The van der Waals surface area contributed by atoms with Crippen molar-refractivity contribution in [1.82, 2.24) is 15.0 Å². The molecular weight excluding hydrogens is 254 g/mol. The lowest BCUT2D eigenvalue weighted by atomic mass is 10.1. The second-order valence-electron chi connectivity index (χ2n) is 3.12. The van der Waals surface area contributed by atoms with E-state index in [0.29, 0.717) is 0 Å². The summed E-state index contributed by atoms with van der Waals surface area (Å²) in [5.41, 5.74) is 3.06. The first-order valence-electron chi connectivity index (χ1n) is 4.72. The van der Waals surface area contributed by atoms with Crippen molar-refractivity contribution in [3.8, 4) is 11.3 Å². The molecule has 2 rings (SSSR count). The van der Waals surface area contributed by atoms with Crippen LogP contribution < -0.4 is 0 Å². The van der Waals surface area contributed by atoms with E-state index in [0.717, 1.165) is 28.0 Å². The van der Waals surface area contributed by atoms with Gasteiger partial charge in [0.25, 0.3) is 0 Å². The molecule has 0 saturated heterocycles. The minimum atomic E-state index is 0.794. The Morgan fingerprint density at radius 3 is 2.80 bits per heavy atom. The Balaban J connectivity index is 2.44. The van der Waals surface area contributed by atoms with Crippen LogP contribution in [-0.4, -0.2) is 15.0 Å². The predicted molar refractivity (Wildman–Crippen MR) is 62.3 cm³/mol. The monoisotopic (exact) mass is 263 g/mol. The van der Waals surface area contributed by atoms with Crippen LogP contribution in [0.4, 0.5) is 0 Å². The first kappa shape index (κ1) is 10.2. The van der Waals surface area contributed by atoms with E-state index in [1.165, 1.54) is 0 Å². The van der Waals surface area contributed by atoms with E-state index < -0.39 is 0 Å². The van der Waals surface area contributed by atoms with Crippen molar-refractivity contribution in [3.05, 3.63) is 41.0 Å². The molecule has 3 nitrogen and oxygen atoms in total. The lowest BCUT2D eigenvalue weighted by Crippen LogP contribution is -1.90. The van der Waals surface area contributed by atoms with Crippen molar-refractivity contribution in [2.45, 2.75) is 13.3 Å². The molecule has 0 radical (unpaired) electrons. The van der Waals surface area contributed by atoms with Gasteiger partial charge in [0.1, 0.15) is 10.9 Å². The van der Waals surface area contributed by atoms with Crippen LogP contribution >= 0.6 is 15.9 Å². The number of aryl methyl sites for hydroxylation is 1. The molecule has 0 unspecified atom stereocenters. The maximum Gasteiger partial charge on any atom is 0.117 e. The van der Waals surface area contributed by atoms with Crippen LogP contribution in [0.5, 0.6) is 0 Å². The lowest BCUT2D eigenvalue weighted by molar-refractivity contribution is 1.03. The van der Waals surface area contributed by atoms with Crippen LogP contribution in [0, 0.1) is 0 Å². The summed E-state index contributed by atoms with van der Waals surface area (Å²) >= 11 is 3.33. The van der Waals surface area contributed by atoms with Crippen LogP contribution in [0.15, 0.2) is 35.3 Å². The van der Waals surface area contributed by atoms with Gasteiger partial charge < -0.3 is 0 Å². The zero-order chi connectivity index (χ0) is 10.7. The molecule has 0 fully saturated rings. The molecule has 2 heterocycles. The lowest BCUT2D eigenvalue weighted by Gasteiger charge is -2.02. The SMILES string of the molecule is CCc1cc(-c2cc(Br)ncn2)ccn1. The van der Waals surface area contributed by atoms with E-state index >= 15 is 0 Å². The summed E-state index contributed by atoms with van der Waals surface area (Å²) in [5, 5.41) is 0. The Kier molecular flexibility index (Phi) is 3.06. The fourth-order valence-corrected chi connectivity index (χ4v) is 1.63. The zero-order valence-electron chi connectivity index (χ0n) is 8.31. The zero-order valence-corrected chi connectivity index (χ0v) is 9.90. The second-order valence-corrected chi connectivity index (χ2v) is 3.93. The Bertz CT molecular complexity index is 471. The number of hydrogen-bond acceptors (Lipinski definition) is 3. The summed E-state index contributed by atoms with van der Waals surface area (Å²) in [5.74, 6) is 0. The van der Waals surface area contributed by atoms with E-state index in [1.807, 2.05) is 18.3 Å². The molecular formula is C11H10BrN3. The summed E-state index contributed by atoms with van der Waals surface area (Å²) in [4.78, 5) is 12.5. The third-order valence-electron chi connectivity index (χ3n) is 2.11. The van der Waals surface area contributed by atoms with E-state index in [2.05, 4.69) is 43.9 Å². The summed E-state index contributed by atoms with van der Waals surface area (Å²) in [6, 6.07) is 5.90. The topological polar surface area (TPSA) is 38.7 Å². The van der Waals surface area contributed by atoms with Crippen molar-refractivity contribution < 1.29 is 0 Å². The molecule has 0 atom stereocenters. The Morgan fingerprint density at radius 2 is 2.07 bits per heavy atom. The molecule has 0 aliphatic heterocycles. The van der Waals surface area contributed by atoms with E-state index in [9.17, 15) is 0 Å². The van der Waals surface area contributed by atoms with Gasteiger partial charge in [0.2, 0.25) is 0 Å². The van der Waals surface area contributed by atoms with Crippen molar-refractivity contribution in [2.75, 3.05) is 0 Å². The van der Waals surface area contributed by atoms with Crippen molar-refractivity contribution in [3.63, 3.8) is 0 Å². The highest BCUT2D eigenvalue weighted by atomic mass is 79.9. The van der Waals surface area contributed by atoms with Gasteiger partial charge in [-0.1, -0.05) is 6.92 Å². The molecule has 15 heavy (non-hydrogen) atoms. The van der Waals surface area contributed by atoms with Crippen molar-refractivity contribution in [1.29, 1.82) is 0 Å². The van der Waals surface area contributed by atoms with Crippen LogP contribution in [0.25, 0.3) is 11.3 Å². The standard InChI is InChI=1S/C11H10BrN3/c1-2-9-5-8(3-4-13-9)10-6-11(12)15-7-14-10/h3-7H,2H2,1H3. The maximum absolute atomic E-state index is 4.25. The van der Waals surface area contributed by atoms with Crippen LogP contribution in [0.3, 0.4) is 0 Å². The largest absolute Gasteiger partial charge is 0.261 e. The fourth-order valence-electron chi connectivity index (χ4n) is 1.32. The summed E-state index contributed by atoms with van der Waals surface area (Å²) < 4.78 is 0.794. The van der Waals surface area contributed by atoms with Crippen molar-refractivity contribution >= 4 is 15.9 Å². The average molecular weight is 264 g/mol. The van der Waals surface area contributed by atoms with Gasteiger partial charge >= 0.3 is 0 Å². The molecule has 0 N–H and O–H groups in total. The van der Waals surface area contributed by atoms with E-state index in [1.54, 1.807) is 6.33 Å². The van der Waals surface area contributed by atoms with Gasteiger partial charge in [-0.2, -0.15) is 0 Å².